The fourth-order valence-electron chi connectivity index (χ4n) is 4.01. The van der Waals surface area contributed by atoms with Crippen molar-refractivity contribution in [3.63, 3.8) is 0 Å². The van der Waals surface area contributed by atoms with Gasteiger partial charge in [-0.1, -0.05) is 60.7 Å². The van der Waals surface area contributed by atoms with E-state index in [9.17, 15) is 9.59 Å². The zero-order valence-corrected chi connectivity index (χ0v) is 16.8. The van der Waals surface area contributed by atoms with Crippen LogP contribution in [0.15, 0.2) is 60.7 Å². The Bertz CT molecular complexity index is 1030. The van der Waals surface area contributed by atoms with Gasteiger partial charge >= 0.3 is 0 Å². The Morgan fingerprint density at radius 1 is 1.00 bits per heavy atom. The lowest BCUT2D eigenvalue weighted by Gasteiger charge is -2.16. The molecule has 0 spiro atoms. The minimum atomic E-state index is -0.353. The van der Waals surface area contributed by atoms with Crippen molar-refractivity contribution < 1.29 is 9.59 Å². The summed E-state index contributed by atoms with van der Waals surface area (Å²) in [4.78, 5) is 27.4. The third kappa shape index (κ3) is 3.99. The van der Waals surface area contributed by atoms with E-state index in [1.165, 1.54) is 10.2 Å². The standard InChI is InChI=1S/C24H25N3O2/c1-17-22(13-19-9-5-3-6-10-19)18(2)27(25-17)24(29)21-14-23(28)26(16-21)15-20-11-7-4-8-12-20/h3-12,21H,13-16H2,1-2H3. The molecule has 2 heterocycles. The van der Waals surface area contributed by atoms with Crippen molar-refractivity contribution >= 4 is 11.8 Å². The third-order valence-electron chi connectivity index (χ3n) is 5.65. The number of likely N-dealkylation sites (tertiary alicyclic amines) is 1. The fraction of sp³-hybridized carbons (Fsp3) is 0.292. The Balaban J connectivity index is 1.50. The number of hydrogen-bond acceptors (Lipinski definition) is 3. The number of benzene rings is 2. The number of carbonyl (C=O) groups excluding carboxylic acids is 2. The highest BCUT2D eigenvalue weighted by atomic mass is 16.2. The molecule has 1 saturated heterocycles. The molecule has 5 nitrogen and oxygen atoms in total. The molecular formula is C24H25N3O2. The topological polar surface area (TPSA) is 55.2 Å². The van der Waals surface area contributed by atoms with Crippen molar-refractivity contribution in [2.45, 2.75) is 33.2 Å². The second kappa shape index (κ2) is 8.03. The van der Waals surface area contributed by atoms with Gasteiger partial charge in [0.05, 0.1) is 11.6 Å². The third-order valence-corrected chi connectivity index (χ3v) is 5.65. The minimum Gasteiger partial charge on any atom is -0.338 e. The Hall–Kier alpha value is -3.21. The highest BCUT2D eigenvalue weighted by molar-refractivity contribution is 5.90. The predicted molar refractivity (Wildman–Crippen MR) is 112 cm³/mol. The molecule has 1 amide bonds. The number of aromatic nitrogens is 2. The maximum atomic E-state index is 13.2. The quantitative estimate of drug-likeness (QED) is 0.669. The van der Waals surface area contributed by atoms with Crippen LogP contribution in [-0.2, 0) is 17.8 Å². The normalized spacial score (nSPS) is 16.4. The Labute approximate surface area is 171 Å². The molecule has 1 atom stereocenters. The van der Waals surface area contributed by atoms with Gasteiger partial charge in [-0.3, -0.25) is 9.59 Å². The SMILES string of the molecule is Cc1nn(C(=O)C2CC(=O)N(Cc3ccccc3)C2)c(C)c1Cc1ccccc1. The summed E-state index contributed by atoms with van der Waals surface area (Å²) in [5.74, 6) is -0.416. The number of hydrogen-bond donors (Lipinski definition) is 0. The van der Waals surface area contributed by atoms with Crippen LogP contribution in [-0.4, -0.2) is 33.0 Å². The van der Waals surface area contributed by atoms with Crippen molar-refractivity contribution in [1.29, 1.82) is 0 Å². The molecule has 1 unspecified atom stereocenters. The molecule has 0 radical (unpaired) electrons. The molecule has 29 heavy (non-hydrogen) atoms. The first kappa shape index (κ1) is 19.1. The van der Waals surface area contributed by atoms with Gasteiger partial charge in [0.15, 0.2) is 0 Å². The molecule has 4 rings (SSSR count). The van der Waals surface area contributed by atoms with Gasteiger partial charge in [-0.15, -0.1) is 0 Å². The van der Waals surface area contributed by atoms with Crippen LogP contribution >= 0.6 is 0 Å². The number of amides is 1. The molecule has 148 valence electrons. The first-order valence-corrected chi connectivity index (χ1v) is 9.98. The van der Waals surface area contributed by atoms with E-state index in [1.54, 1.807) is 4.90 Å². The highest BCUT2D eigenvalue weighted by Gasteiger charge is 2.36. The van der Waals surface area contributed by atoms with Gasteiger partial charge < -0.3 is 4.90 Å². The van der Waals surface area contributed by atoms with Crippen molar-refractivity contribution in [3.8, 4) is 0 Å². The van der Waals surface area contributed by atoms with Crippen molar-refractivity contribution in [3.05, 3.63) is 88.7 Å². The lowest BCUT2D eigenvalue weighted by Crippen LogP contribution is -2.28. The van der Waals surface area contributed by atoms with Crippen molar-refractivity contribution in [2.24, 2.45) is 5.92 Å². The van der Waals surface area contributed by atoms with Gasteiger partial charge in [-0.2, -0.15) is 5.10 Å². The van der Waals surface area contributed by atoms with Gasteiger partial charge in [0.1, 0.15) is 0 Å². The molecular weight excluding hydrogens is 362 g/mol. The van der Waals surface area contributed by atoms with E-state index in [4.69, 9.17) is 0 Å². The molecule has 1 aliphatic heterocycles. The summed E-state index contributed by atoms with van der Waals surface area (Å²) in [5.41, 5.74) is 5.08. The number of carbonyl (C=O) groups is 2. The van der Waals surface area contributed by atoms with Crippen LogP contribution in [0, 0.1) is 19.8 Å². The van der Waals surface area contributed by atoms with Crippen LogP contribution < -0.4 is 0 Å². The number of aryl methyl sites for hydroxylation is 1. The highest BCUT2D eigenvalue weighted by Crippen LogP contribution is 2.24. The summed E-state index contributed by atoms with van der Waals surface area (Å²) < 4.78 is 1.51. The zero-order valence-electron chi connectivity index (χ0n) is 16.8. The van der Waals surface area contributed by atoms with Gasteiger partial charge in [-0.25, -0.2) is 4.68 Å². The number of nitrogens with zero attached hydrogens (tertiary/aromatic N) is 3. The molecule has 0 aliphatic carbocycles. The first-order valence-electron chi connectivity index (χ1n) is 9.98. The average Bonchev–Trinajstić information content (AvgIpc) is 3.23. The summed E-state index contributed by atoms with van der Waals surface area (Å²) in [7, 11) is 0. The monoisotopic (exact) mass is 387 g/mol. The van der Waals surface area contributed by atoms with Gasteiger partial charge in [0.2, 0.25) is 5.91 Å². The molecule has 1 fully saturated rings. The summed E-state index contributed by atoms with van der Waals surface area (Å²) >= 11 is 0. The van der Waals surface area contributed by atoms with Crippen LogP contribution in [0.3, 0.4) is 0 Å². The van der Waals surface area contributed by atoms with Gasteiger partial charge in [0, 0.05) is 37.2 Å². The lowest BCUT2D eigenvalue weighted by molar-refractivity contribution is -0.128. The minimum absolute atomic E-state index is 0.0262. The number of rotatable bonds is 5. The largest absolute Gasteiger partial charge is 0.338 e. The smallest absolute Gasteiger partial charge is 0.252 e. The molecule has 0 N–H and O–H groups in total. The predicted octanol–water partition coefficient (Wildman–Crippen LogP) is 3.78. The summed E-state index contributed by atoms with van der Waals surface area (Å²) in [5, 5.41) is 4.52. The van der Waals surface area contributed by atoms with E-state index in [2.05, 4.69) is 17.2 Å². The summed E-state index contributed by atoms with van der Waals surface area (Å²) in [6.07, 6.45) is 0.994. The summed E-state index contributed by atoms with van der Waals surface area (Å²) in [6.45, 7) is 4.87. The van der Waals surface area contributed by atoms with Crippen LogP contribution in [0.2, 0.25) is 0 Å². The Morgan fingerprint density at radius 2 is 1.62 bits per heavy atom. The zero-order chi connectivity index (χ0) is 20.4. The Morgan fingerprint density at radius 3 is 2.28 bits per heavy atom. The second-order valence-corrected chi connectivity index (χ2v) is 7.72. The van der Waals surface area contributed by atoms with Crippen LogP contribution in [0.1, 0.15) is 39.3 Å². The maximum Gasteiger partial charge on any atom is 0.252 e. The first-order chi connectivity index (χ1) is 14.0. The molecule has 1 aliphatic rings. The molecule has 5 heteroatoms. The van der Waals surface area contributed by atoms with E-state index in [0.29, 0.717) is 13.1 Å². The molecule has 1 aromatic heterocycles. The van der Waals surface area contributed by atoms with E-state index in [-0.39, 0.29) is 24.2 Å². The van der Waals surface area contributed by atoms with Crippen LogP contribution in [0.4, 0.5) is 0 Å². The molecule has 2 aromatic carbocycles. The van der Waals surface area contributed by atoms with E-state index in [1.807, 2.05) is 62.4 Å². The van der Waals surface area contributed by atoms with Crippen molar-refractivity contribution in [1.82, 2.24) is 14.7 Å². The maximum absolute atomic E-state index is 13.2. The summed E-state index contributed by atoms with van der Waals surface area (Å²) in [6, 6.07) is 20.1. The van der Waals surface area contributed by atoms with Crippen molar-refractivity contribution in [2.75, 3.05) is 6.54 Å². The van der Waals surface area contributed by atoms with Crippen LogP contribution in [0.25, 0.3) is 0 Å². The lowest BCUT2D eigenvalue weighted by atomic mass is 10.0. The van der Waals surface area contributed by atoms with Gasteiger partial charge in [0.25, 0.3) is 5.91 Å². The van der Waals surface area contributed by atoms with E-state index in [0.717, 1.165) is 28.9 Å². The molecule has 0 bridgehead atoms. The van der Waals surface area contributed by atoms with Crippen LogP contribution in [0.5, 0.6) is 0 Å². The van der Waals surface area contributed by atoms with E-state index >= 15 is 0 Å². The van der Waals surface area contributed by atoms with Gasteiger partial charge in [-0.05, 0) is 25.0 Å². The molecule has 3 aromatic rings. The van der Waals surface area contributed by atoms with E-state index < -0.39 is 0 Å². The Kier molecular flexibility index (Phi) is 5.30. The molecule has 0 saturated carbocycles. The average molecular weight is 387 g/mol. The second-order valence-electron chi connectivity index (χ2n) is 7.72. The fourth-order valence-corrected chi connectivity index (χ4v) is 4.01.